The summed E-state index contributed by atoms with van der Waals surface area (Å²) in [5, 5.41) is 2.72. The molecule has 0 saturated heterocycles. The van der Waals surface area contributed by atoms with Crippen LogP contribution in [0.5, 0.6) is 11.5 Å². The van der Waals surface area contributed by atoms with Crippen LogP contribution in [0.15, 0.2) is 72.8 Å². The molecule has 0 spiro atoms. The van der Waals surface area contributed by atoms with Gasteiger partial charge in [-0.3, -0.25) is 9.59 Å². The van der Waals surface area contributed by atoms with E-state index in [1.807, 2.05) is 86.6 Å². The lowest BCUT2D eigenvalue weighted by Gasteiger charge is -2.31. The fraction of sp³-hybridized carbons (Fsp3) is 0.286. The molecule has 0 saturated carbocycles. The standard InChI is InChI=1S/C28H32N2O4/c1-20-10-8-15-26(21(20)2)34-19-27(31)30(18-23-13-9-14-24(16-23)33-4)25(28(32)29-3)17-22-11-6-5-7-12-22/h5-16,25H,17-19H2,1-4H3,(H,29,32)/t25-/m0/s1. The number of carbonyl (C=O) groups excluding carboxylic acids is 2. The number of methoxy groups -OCH3 is 1. The molecule has 0 aliphatic rings. The van der Waals surface area contributed by atoms with E-state index < -0.39 is 6.04 Å². The molecule has 3 aromatic rings. The quantitative estimate of drug-likeness (QED) is 0.495. The number of aryl methyl sites for hydroxylation is 1. The largest absolute Gasteiger partial charge is 0.497 e. The van der Waals surface area contributed by atoms with Crippen molar-refractivity contribution in [2.24, 2.45) is 0 Å². The number of hydrogen-bond acceptors (Lipinski definition) is 4. The second-order valence-electron chi connectivity index (χ2n) is 8.18. The van der Waals surface area contributed by atoms with Crippen LogP contribution in [0, 0.1) is 13.8 Å². The van der Waals surface area contributed by atoms with Crippen molar-refractivity contribution in [1.82, 2.24) is 10.2 Å². The number of nitrogens with zero attached hydrogens (tertiary/aromatic N) is 1. The summed E-state index contributed by atoms with van der Waals surface area (Å²) in [7, 11) is 3.18. The van der Waals surface area contributed by atoms with E-state index in [1.165, 1.54) is 0 Å². The summed E-state index contributed by atoms with van der Waals surface area (Å²) in [6, 6.07) is 22.2. The second-order valence-corrected chi connectivity index (χ2v) is 8.18. The van der Waals surface area contributed by atoms with Gasteiger partial charge in [-0.05, 0) is 54.3 Å². The van der Waals surface area contributed by atoms with Gasteiger partial charge in [0.1, 0.15) is 17.5 Å². The molecular formula is C28H32N2O4. The van der Waals surface area contributed by atoms with Crippen LogP contribution in [0.1, 0.15) is 22.3 Å². The SMILES string of the molecule is CNC(=O)[C@H](Cc1ccccc1)N(Cc1cccc(OC)c1)C(=O)COc1cccc(C)c1C. The minimum atomic E-state index is -0.701. The van der Waals surface area contributed by atoms with Crippen LogP contribution in [0.3, 0.4) is 0 Å². The molecule has 0 radical (unpaired) electrons. The van der Waals surface area contributed by atoms with E-state index in [2.05, 4.69) is 5.32 Å². The molecule has 34 heavy (non-hydrogen) atoms. The highest BCUT2D eigenvalue weighted by atomic mass is 16.5. The number of rotatable bonds is 10. The lowest BCUT2D eigenvalue weighted by atomic mass is 10.0. The number of amides is 2. The van der Waals surface area contributed by atoms with Gasteiger partial charge in [-0.15, -0.1) is 0 Å². The Bertz CT molecular complexity index is 1110. The van der Waals surface area contributed by atoms with Crippen molar-refractivity contribution in [2.45, 2.75) is 32.9 Å². The van der Waals surface area contributed by atoms with Gasteiger partial charge in [-0.2, -0.15) is 0 Å². The third-order valence-corrected chi connectivity index (χ3v) is 5.91. The first kappa shape index (κ1) is 24.8. The summed E-state index contributed by atoms with van der Waals surface area (Å²) in [6.45, 7) is 4.04. The van der Waals surface area contributed by atoms with E-state index in [-0.39, 0.29) is 25.0 Å². The molecular weight excluding hydrogens is 428 g/mol. The van der Waals surface area contributed by atoms with Crippen LogP contribution in [0.4, 0.5) is 0 Å². The number of likely N-dealkylation sites (N-methyl/N-ethyl adjacent to an activating group) is 1. The van der Waals surface area contributed by atoms with E-state index in [1.54, 1.807) is 19.1 Å². The molecule has 3 rings (SSSR count). The van der Waals surface area contributed by atoms with Crippen molar-refractivity contribution in [3.63, 3.8) is 0 Å². The zero-order valence-electron chi connectivity index (χ0n) is 20.2. The number of hydrogen-bond donors (Lipinski definition) is 1. The fourth-order valence-corrected chi connectivity index (χ4v) is 3.79. The first-order chi connectivity index (χ1) is 16.4. The Hall–Kier alpha value is -3.80. The van der Waals surface area contributed by atoms with Crippen LogP contribution >= 0.6 is 0 Å². The predicted molar refractivity (Wildman–Crippen MR) is 133 cm³/mol. The van der Waals surface area contributed by atoms with E-state index in [9.17, 15) is 9.59 Å². The molecule has 0 bridgehead atoms. The van der Waals surface area contributed by atoms with Gasteiger partial charge in [0.25, 0.3) is 5.91 Å². The number of benzene rings is 3. The molecule has 0 heterocycles. The maximum absolute atomic E-state index is 13.5. The van der Waals surface area contributed by atoms with E-state index >= 15 is 0 Å². The van der Waals surface area contributed by atoms with Crippen molar-refractivity contribution in [3.8, 4) is 11.5 Å². The third kappa shape index (κ3) is 6.38. The summed E-state index contributed by atoms with van der Waals surface area (Å²) in [5.41, 5.74) is 3.91. The normalized spacial score (nSPS) is 11.4. The minimum absolute atomic E-state index is 0.170. The van der Waals surface area contributed by atoms with Crippen LogP contribution < -0.4 is 14.8 Å². The van der Waals surface area contributed by atoms with Crippen molar-refractivity contribution in [1.29, 1.82) is 0 Å². The highest BCUT2D eigenvalue weighted by molar-refractivity contribution is 5.88. The fourth-order valence-electron chi connectivity index (χ4n) is 3.79. The Morgan fingerprint density at radius 3 is 2.35 bits per heavy atom. The highest BCUT2D eigenvalue weighted by Gasteiger charge is 2.30. The smallest absolute Gasteiger partial charge is 0.261 e. The van der Waals surface area contributed by atoms with Gasteiger partial charge in [-0.25, -0.2) is 0 Å². The number of nitrogens with one attached hydrogen (secondary N) is 1. The predicted octanol–water partition coefficient (Wildman–Crippen LogP) is 4.08. The van der Waals surface area contributed by atoms with Crippen LogP contribution in [0.2, 0.25) is 0 Å². The summed E-state index contributed by atoms with van der Waals surface area (Å²) in [6.07, 6.45) is 0.389. The Labute approximate surface area is 201 Å². The molecule has 178 valence electrons. The summed E-state index contributed by atoms with van der Waals surface area (Å²) in [4.78, 5) is 28.1. The summed E-state index contributed by atoms with van der Waals surface area (Å²) in [5.74, 6) is 0.852. The van der Waals surface area contributed by atoms with Gasteiger partial charge >= 0.3 is 0 Å². The average Bonchev–Trinajstić information content (AvgIpc) is 2.87. The molecule has 0 fully saturated rings. The van der Waals surface area contributed by atoms with Gasteiger partial charge in [0.05, 0.1) is 7.11 Å². The average molecular weight is 461 g/mol. The maximum atomic E-state index is 13.5. The van der Waals surface area contributed by atoms with Gasteiger partial charge in [0.2, 0.25) is 5.91 Å². The minimum Gasteiger partial charge on any atom is -0.497 e. The third-order valence-electron chi connectivity index (χ3n) is 5.91. The molecule has 0 unspecified atom stereocenters. The van der Waals surface area contributed by atoms with Gasteiger partial charge in [0, 0.05) is 20.0 Å². The Morgan fingerprint density at radius 2 is 1.65 bits per heavy atom. The molecule has 6 heteroatoms. The molecule has 1 N–H and O–H groups in total. The summed E-state index contributed by atoms with van der Waals surface area (Å²) >= 11 is 0. The second kappa shape index (κ2) is 11.9. The Morgan fingerprint density at radius 1 is 0.941 bits per heavy atom. The molecule has 6 nitrogen and oxygen atoms in total. The molecule has 0 aromatic heterocycles. The van der Waals surface area contributed by atoms with Gasteiger partial charge in [0.15, 0.2) is 6.61 Å². The first-order valence-corrected chi connectivity index (χ1v) is 11.3. The van der Waals surface area contributed by atoms with Gasteiger partial charge < -0.3 is 19.7 Å². The Balaban J connectivity index is 1.90. The van der Waals surface area contributed by atoms with Crippen LogP contribution in [0.25, 0.3) is 0 Å². The lowest BCUT2D eigenvalue weighted by Crippen LogP contribution is -2.51. The highest BCUT2D eigenvalue weighted by Crippen LogP contribution is 2.22. The van der Waals surface area contributed by atoms with E-state index in [0.717, 1.165) is 22.3 Å². The lowest BCUT2D eigenvalue weighted by molar-refractivity contribution is -0.142. The summed E-state index contributed by atoms with van der Waals surface area (Å²) < 4.78 is 11.3. The van der Waals surface area contributed by atoms with Crippen LogP contribution in [-0.4, -0.2) is 43.5 Å². The molecule has 3 aromatic carbocycles. The van der Waals surface area contributed by atoms with Gasteiger partial charge in [-0.1, -0.05) is 54.6 Å². The zero-order chi connectivity index (χ0) is 24.5. The van der Waals surface area contributed by atoms with Crippen molar-refractivity contribution < 1.29 is 19.1 Å². The monoisotopic (exact) mass is 460 g/mol. The number of carbonyl (C=O) groups is 2. The van der Waals surface area contributed by atoms with E-state index in [4.69, 9.17) is 9.47 Å². The van der Waals surface area contributed by atoms with Crippen molar-refractivity contribution in [2.75, 3.05) is 20.8 Å². The van der Waals surface area contributed by atoms with Crippen LogP contribution in [-0.2, 0) is 22.6 Å². The van der Waals surface area contributed by atoms with Crippen molar-refractivity contribution in [3.05, 3.63) is 95.1 Å². The molecule has 1 atom stereocenters. The first-order valence-electron chi connectivity index (χ1n) is 11.3. The maximum Gasteiger partial charge on any atom is 0.261 e. The molecule has 2 amide bonds. The Kier molecular flexibility index (Phi) is 8.68. The number of ether oxygens (including phenoxy) is 2. The zero-order valence-corrected chi connectivity index (χ0v) is 20.2. The molecule has 0 aliphatic heterocycles. The van der Waals surface area contributed by atoms with Crippen molar-refractivity contribution >= 4 is 11.8 Å². The topological polar surface area (TPSA) is 67.9 Å². The molecule has 0 aliphatic carbocycles. The van der Waals surface area contributed by atoms with E-state index in [0.29, 0.717) is 17.9 Å².